The summed E-state index contributed by atoms with van der Waals surface area (Å²) < 4.78 is 0.396. The number of benzene rings is 1. The van der Waals surface area contributed by atoms with Crippen LogP contribution in [-0.2, 0) is 0 Å². The summed E-state index contributed by atoms with van der Waals surface area (Å²) in [5.74, 6) is 0.434. The summed E-state index contributed by atoms with van der Waals surface area (Å²) in [5.41, 5.74) is 8.60. The second-order valence-corrected chi connectivity index (χ2v) is 4.26. The highest BCUT2D eigenvalue weighted by Gasteiger charge is 2.07. The van der Waals surface area contributed by atoms with E-state index in [1.165, 1.54) is 0 Å². The first kappa shape index (κ1) is 11.1. The summed E-state index contributed by atoms with van der Waals surface area (Å²) in [6.45, 7) is 1.91. The average molecular weight is 252 g/mol. The minimum Gasteiger partial charge on any atom is -0.383 e. The SMILES string of the molecule is Cc1[nH]c(=S)nc(N)c1-c1ccc(Cl)cc1. The molecule has 1 aromatic carbocycles. The molecule has 0 atom stereocenters. The predicted molar refractivity (Wildman–Crippen MR) is 69.0 cm³/mol. The van der Waals surface area contributed by atoms with E-state index in [0.717, 1.165) is 16.8 Å². The fourth-order valence-electron chi connectivity index (χ4n) is 1.59. The molecule has 0 saturated carbocycles. The first-order chi connectivity index (χ1) is 7.58. The number of aryl methyl sites for hydroxylation is 1. The van der Waals surface area contributed by atoms with Gasteiger partial charge in [-0.15, -0.1) is 0 Å². The Kier molecular flexibility index (Phi) is 2.94. The van der Waals surface area contributed by atoms with Gasteiger partial charge in [-0.05, 0) is 36.8 Å². The maximum atomic E-state index is 5.86. The summed E-state index contributed by atoms with van der Waals surface area (Å²) in [6, 6.07) is 7.44. The van der Waals surface area contributed by atoms with Gasteiger partial charge in [0.25, 0.3) is 0 Å². The molecule has 0 aliphatic carbocycles. The minimum absolute atomic E-state index is 0.396. The van der Waals surface area contributed by atoms with Gasteiger partial charge >= 0.3 is 0 Å². The topological polar surface area (TPSA) is 54.7 Å². The Morgan fingerprint density at radius 3 is 2.50 bits per heavy atom. The van der Waals surface area contributed by atoms with Crippen LogP contribution in [0.4, 0.5) is 5.82 Å². The van der Waals surface area contributed by atoms with Gasteiger partial charge in [-0.2, -0.15) is 0 Å². The van der Waals surface area contributed by atoms with E-state index in [9.17, 15) is 0 Å². The molecule has 16 heavy (non-hydrogen) atoms. The Morgan fingerprint density at radius 1 is 1.31 bits per heavy atom. The molecule has 0 unspecified atom stereocenters. The number of halogens is 1. The molecule has 0 aliphatic heterocycles. The molecule has 1 heterocycles. The first-order valence-electron chi connectivity index (χ1n) is 4.70. The van der Waals surface area contributed by atoms with Crippen molar-refractivity contribution in [1.29, 1.82) is 0 Å². The van der Waals surface area contributed by atoms with Crippen molar-refractivity contribution in [3.05, 3.63) is 39.8 Å². The number of nitrogens with one attached hydrogen (secondary N) is 1. The molecular formula is C11H10ClN3S. The third-order valence-corrected chi connectivity index (χ3v) is 2.73. The molecule has 1 aromatic heterocycles. The van der Waals surface area contributed by atoms with E-state index in [4.69, 9.17) is 29.6 Å². The van der Waals surface area contributed by atoms with Crippen LogP contribution in [0, 0.1) is 11.7 Å². The molecule has 3 N–H and O–H groups in total. The maximum Gasteiger partial charge on any atom is 0.198 e. The van der Waals surface area contributed by atoms with E-state index in [1.54, 1.807) is 0 Å². The summed E-state index contributed by atoms with van der Waals surface area (Å²) in [4.78, 5) is 7.02. The predicted octanol–water partition coefficient (Wildman–Crippen LogP) is 3.35. The Hall–Kier alpha value is -1.39. The van der Waals surface area contributed by atoms with Crippen molar-refractivity contribution in [3.63, 3.8) is 0 Å². The number of hydrogen-bond donors (Lipinski definition) is 2. The maximum absolute atomic E-state index is 5.86. The largest absolute Gasteiger partial charge is 0.383 e. The van der Waals surface area contributed by atoms with E-state index >= 15 is 0 Å². The van der Waals surface area contributed by atoms with Gasteiger partial charge in [-0.25, -0.2) is 4.98 Å². The Labute approximate surface area is 103 Å². The highest BCUT2D eigenvalue weighted by Crippen LogP contribution is 2.27. The quantitative estimate of drug-likeness (QED) is 0.765. The number of nitrogens with zero attached hydrogens (tertiary/aromatic N) is 1. The lowest BCUT2D eigenvalue weighted by Gasteiger charge is -2.08. The van der Waals surface area contributed by atoms with Crippen LogP contribution >= 0.6 is 23.8 Å². The number of H-pyrrole nitrogens is 1. The second kappa shape index (κ2) is 4.23. The zero-order valence-corrected chi connectivity index (χ0v) is 10.2. The van der Waals surface area contributed by atoms with E-state index in [0.29, 0.717) is 15.6 Å². The van der Waals surface area contributed by atoms with Crippen LogP contribution in [0.1, 0.15) is 5.69 Å². The number of anilines is 1. The lowest BCUT2D eigenvalue weighted by molar-refractivity contribution is 1.09. The summed E-state index contributed by atoms with van der Waals surface area (Å²) in [5, 5.41) is 0.691. The van der Waals surface area contributed by atoms with E-state index < -0.39 is 0 Å². The van der Waals surface area contributed by atoms with Crippen LogP contribution in [0.5, 0.6) is 0 Å². The summed E-state index contributed by atoms with van der Waals surface area (Å²) >= 11 is 10.8. The van der Waals surface area contributed by atoms with Crippen LogP contribution in [-0.4, -0.2) is 9.97 Å². The highest BCUT2D eigenvalue weighted by atomic mass is 35.5. The molecule has 2 aromatic rings. The minimum atomic E-state index is 0.396. The number of hydrogen-bond acceptors (Lipinski definition) is 3. The van der Waals surface area contributed by atoms with Crippen molar-refractivity contribution in [2.75, 3.05) is 5.73 Å². The smallest absolute Gasteiger partial charge is 0.198 e. The van der Waals surface area contributed by atoms with Gasteiger partial charge in [0.1, 0.15) is 5.82 Å². The van der Waals surface area contributed by atoms with E-state index in [1.807, 2.05) is 31.2 Å². The van der Waals surface area contributed by atoms with Crippen LogP contribution in [0.25, 0.3) is 11.1 Å². The van der Waals surface area contributed by atoms with Gasteiger partial charge < -0.3 is 10.7 Å². The normalized spacial score (nSPS) is 10.4. The lowest BCUT2D eigenvalue weighted by atomic mass is 10.1. The van der Waals surface area contributed by atoms with Gasteiger partial charge in [-0.1, -0.05) is 23.7 Å². The van der Waals surface area contributed by atoms with Gasteiger partial charge in [0, 0.05) is 16.3 Å². The molecule has 0 saturated heterocycles. The van der Waals surface area contributed by atoms with Crippen LogP contribution in [0.3, 0.4) is 0 Å². The number of nitrogens with two attached hydrogens (primary N) is 1. The van der Waals surface area contributed by atoms with E-state index in [2.05, 4.69) is 9.97 Å². The molecule has 5 heteroatoms. The van der Waals surface area contributed by atoms with Gasteiger partial charge in [-0.3, -0.25) is 0 Å². The molecule has 3 nitrogen and oxygen atoms in total. The second-order valence-electron chi connectivity index (χ2n) is 3.43. The number of nitrogen functional groups attached to an aromatic ring is 1. The number of aromatic nitrogens is 2. The molecule has 0 radical (unpaired) electrons. The van der Waals surface area contributed by atoms with Crippen molar-refractivity contribution < 1.29 is 0 Å². The summed E-state index contributed by atoms with van der Waals surface area (Å²) in [6.07, 6.45) is 0. The fraction of sp³-hybridized carbons (Fsp3) is 0.0909. The van der Waals surface area contributed by atoms with Crippen LogP contribution in [0.2, 0.25) is 5.02 Å². The van der Waals surface area contributed by atoms with Crippen molar-refractivity contribution in [2.45, 2.75) is 6.92 Å². The Morgan fingerprint density at radius 2 is 1.94 bits per heavy atom. The lowest BCUT2D eigenvalue weighted by Crippen LogP contribution is -1.99. The molecule has 82 valence electrons. The third-order valence-electron chi connectivity index (χ3n) is 2.28. The summed E-state index contributed by atoms with van der Waals surface area (Å²) in [7, 11) is 0. The van der Waals surface area contributed by atoms with E-state index in [-0.39, 0.29) is 0 Å². The van der Waals surface area contributed by atoms with Crippen molar-refractivity contribution in [3.8, 4) is 11.1 Å². The van der Waals surface area contributed by atoms with Crippen molar-refractivity contribution in [2.24, 2.45) is 0 Å². The zero-order chi connectivity index (χ0) is 11.7. The van der Waals surface area contributed by atoms with Crippen LogP contribution in [0.15, 0.2) is 24.3 Å². The van der Waals surface area contributed by atoms with Gasteiger partial charge in [0.05, 0.1) is 0 Å². The van der Waals surface area contributed by atoms with Crippen molar-refractivity contribution in [1.82, 2.24) is 9.97 Å². The molecule has 0 aliphatic rings. The Bertz CT molecular complexity index is 549. The Balaban J connectivity index is 2.64. The third kappa shape index (κ3) is 2.08. The molecule has 0 fully saturated rings. The van der Waals surface area contributed by atoms with Gasteiger partial charge in [0.15, 0.2) is 4.77 Å². The standard InChI is InChI=1S/C11H10ClN3S/c1-6-9(10(13)15-11(16)14-6)7-2-4-8(12)5-3-7/h2-5H,1H3,(H3,13,14,15,16). The number of aromatic amines is 1. The highest BCUT2D eigenvalue weighted by molar-refractivity contribution is 7.71. The fourth-order valence-corrected chi connectivity index (χ4v) is 1.97. The molecule has 2 rings (SSSR count). The van der Waals surface area contributed by atoms with Crippen LogP contribution < -0.4 is 5.73 Å². The van der Waals surface area contributed by atoms with Crippen molar-refractivity contribution >= 4 is 29.6 Å². The molecule has 0 spiro atoms. The average Bonchev–Trinajstić information content (AvgIpc) is 2.19. The number of rotatable bonds is 1. The van der Waals surface area contributed by atoms with Gasteiger partial charge in [0.2, 0.25) is 0 Å². The molecular weight excluding hydrogens is 242 g/mol. The molecule has 0 amide bonds. The first-order valence-corrected chi connectivity index (χ1v) is 5.49. The monoisotopic (exact) mass is 251 g/mol. The molecule has 0 bridgehead atoms. The zero-order valence-electron chi connectivity index (χ0n) is 8.62.